The number of nitrogens with zero attached hydrogens (tertiary/aromatic N) is 2. The molecule has 0 bridgehead atoms. The first kappa shape index (κ1) is 23.0. The van der Waals surface area contributed by atoms with Gasteiger partial charge in [-0.15, -0.1) is 24.0 Å². The number of methoxy groups -OCH3 is 1. The van der Waals surface area contributed by atoms with Gasteiger partial charge in [-0.25, -0.2) is 0 Å². The Bertz CT molecular complexity index is 488. The van der Waals surface area contributed by atoms with E-state index in [1.807, 2.05) is 52.1 Å². The number of benzene rings is 1. The smallest absolute Gasteiger partial charge is 0.194 e. The lowest BCUT2D eigenvalue weighted by atomic mass is 9.98. The predicted octanol–water partition coefficient (Wildman–Crippen LogP) is 3.26. The van der Waals surface area contributed by atoms with E-state index in [1.165, 1.54) is 5.56 Å². The third-order valence-corrected chi connectivity index (χ3v) is 4.11. The first-order valence-corrected chi connectivity index (χ1v) is 8.32. The molecule has 0 saturated heterocycles. The average Bonchev–Trinajstić information content (AvgIpc) is 2.58. The standard InChI is InChI=1S/C18H31N3O2.HI/c1-6-18(22,7-2)14-20-17(19-8-3)21(4)13-15-9-11-16(23-5)12-10-15;/h9-12,22H,6-8,13-14H2,1-5H3,(H,19,20);1H. The second-order valence-electron chi connectivity index (χ2n) is 5.81. The molecule has 0 atom stereocenters. The summed E-state index contributed by atoms with van der Waals surface area (Å²) in [7, 11) is 3.67. The minimum absolute atomic E-state index is 0. The SMILES string of the molecule is CCNC(=NCC(O)(CC)CC)N(C)Cc1ccc(OC)cc1.I. The van der Waals surface area contributed by atoms with Gasteiger partial charge in [0.25, 0.3) is 0 Å². The summed E-state index contributed by atoms with van der Waals surface area (Å²) in [6.07, 6.45) is 1.41. The van der Waals surface area contributed by atoms with Crippen molar-refractivity contribution >= 4 is 29.9 Å². The zero-order valence-corrected chi connectivity index (χ0v) is 17.8. The Morgan fingerprint density at radius 3 is 2.25 bits per heavy atom. The molecular weight excluding hydrogens is 417 g/mol. The lowest BCUT2D eigenvalue weighted by Gasteiger charge is -2.26. The lowest BCUT2D eigenvalue weighted by Crippen LogP contribution is -2.40. The van der Waals surface area contributed by atoms with E-state index < -0.39 is 5.60 Å². The van der Waals surface area contributed by atoms with Crippen molar-refractivity contribution in [2.75, 3.05) is 27.2 Å². The first-order valence-electron chi connectivity index (χ1n) is 8.32. The molecule has 0 aliphatic rings. The predicted molar refractivity (Wildman–Crippen MR) is 111 cm³/mol. The summed E-state index contributed by atoms with van der Waals surface area (Å²) >= 11 is 0. The molecule has 0 radical (unpaired) electrons. The number of ether oxygens (including phenoxy) is 1. The van der Waals surface area contributed by atoms with Gasteiger partial charge in [-0.2, -0.15) is 0 Å². The number of hydrogen-bond donors (Lipinski definition) is 2. The average molecular weight is 449 g/mol. The van der Waals surface area contributed by atoms with Crippen LogP contribution in [0.2, 0.25) is 0 Å². The van der Waals surface area contributed by atoms with E-state index in [1.54, 1.807) is 7.11 Å². The quantitative estimate of drug-likeness (QED) is 0.364. The van der Waals surface area contributed by atoms with E-state index in [0.29, 0.717) is 19.4 Å². The van der Waals surface area contributed by atoms with Crippen molar-refractivity contribution in [2.24, 2.45) is 4.99 Å². The summed E-state index contributed by atoms with van der Waals surface area (Å²) in [6, 6.07) is 8.01. The van der Waals surface area contributed by atoms with Crippen molar-refractivity contribution in [3.63, 3.8) is 0 Å². The van der Waals surface area contributed by atoms with Crippen LogP contribution in [0.3, 0.4) is 0 Å². The van der Waals surface area contributed by atoms with Crippen molar-refractivity contribution in [3.05, 3.63) is 29.8 Å². The number of rotatable bonds is 8. The van der Waals surface area contributed by atoms with Crippen LogP contribution in [-0.2, 0) is 6.54 Å². The topological polar surface area (TPSA) is 57.1 Å². The Balaban J connectivity index is 0.00000529. The molecule has 1 aromatic rings. The molecule has 0 aliphatic heterocycles. The molecule has 0 aromatic heterocycles. The maximum atomic E-state index is 10.4. The molecule has 0 aliphatic carbocycles. The number of aliphatic hydroxyl groups is 1. The van der Waals surface area contributed by atoms with Crippen LogP contribution >= 0.6 is 24.0 Å². The van der Waals surface area contributed by atoms with Gasteiger partial charge in [0.2, 0.25) is 0 Å². The molecule has 2 N–H and O–H groups in total. The minimum atomic E-state index is -0.721. The number of aliphatic imine (C=N–C) groups is 1. The highest BCUT2D eigenvalue weighted by Gasteiger charge is 2.22. The highest BCUT2D eigenvalue weighted by molar-refractivity contribution is 14.0. The normalized spacial score (nSPS) is 11.7. The van der Waals surface area contributed by atoms with Gasteiger partial charge in [-0.3, -0.25) is 4.99 Å². The molecule has 0 saturated carbocycles. The van der Waals surface area contributed by atoms with Crippen LogP contribution in [0, 0.1) is 0 Å². The molecule has 1 aromatic carbocycles. The van der Waals surface area contributed by atoms with Crippen molar-refractivity contribution in [1.82, 2.24) is 10.2 Å². The Kier molecular flexibility index (Phi) is 11.0. The fourth-order valence-corrected chi connectivity index (χ4v) is 2.25. The van der Waals surface area contributed by atoms with Gasteiger partial charge in [-0.05, 0) is 37.5 Å². The molecule has 0 spiro atoms. The van der Waals surface area contributed by atoms with E-state index >= 15 is 0 Å². The highest BCUT2D eigenvalue weighted by atomic mass is 127. The van der Waals surface area contributed by atoms with Crippen molar-refractivity contribution in [2.45, 2.75) is 45.8 Å². The first-order chi connectivity index (χ1) is 11.0. The maximum Gasteiger partial charge on any atom is 0.194 e. The fourth-order valence-electron chi connectivity index (χ4n) is 2.25. The van der Waals surface area contributed by atoms with Gasteiger partial charge in [0.15, 0.2) is 5.96 Å². The lowest BCUT2D eigenvalue weighted by molar-refractivity contribution is 0.0416. The molecule has 5 nitrogen and oxygen atoms in total. The highest BCUT2D eigenvalue weighted by Crippen LogP contribution is 2.15. The molecule has 6 heteroatoms. The van der Waals surface area contributed by atoms with Crippen molar-refractivity contribution < 1.29 is 9.84 Å². The van der Waals surface area contributed by atoms with E-state index in [2.05, 4.69) is 15.2 Å². The number of guanidine groups is 1. The third kappa shape index (κ3) is 7.25. The Morgan fingerprint density at radius 1 is 1.21 bits per heavy atom. The number of hydrogen-bond acceptors (Lipinski definition) is 3. The molecule has 0 unspecified atom stereocenters. The van der Waals surface area contributed by atoms with Crippen LogP contribution < -0.4 is 10.1 Å². The van der Waals surface area contributed by atoms with E-state index in [-0.39, 0.29) is 24.0 Å². The van der Waals surface area contributed by atoms with Gasteiger partial charge in [0.1, 0.15) is 5.75 Å². The fraction of sp³-hybridized carbons (Fsp3) is 0.611. The molecule has 24 heavy (non-hydrogen) atoms. The van der Waals surface area contributed by atoms with E-state index in [9.17, 15) is 5.11 Å². The Labute approximate surface area is 163 Å². The van der Waals surface area contributed by atoms with Crippen molar-refractivity contribution in [1.29, 1.82) is 0 Å². The second-order valence-corrected chi connectivity index (χ2v) is 5.81. The molecule has 138 valence electrons. The van der Waals surface area contributed by atoms with Crippen LogP contribution in [0.4, 0.5) is 0 Å². The molecule has 0 heterocycles. The van der Waals surface area contributed by atoms with Crippen LogP contribution in [0.1, 0.15) is 39.2 Å². The van der Waals surface area contributed by atoms with E-state index in [4.69, 9.17) is 4.74 Å². The molecular formula is C18H32IN3O2. The zero-order valence-electron chi connectivity index (χ0n) is 15.5. The summed E-state index contributed by atoms with van der Waals surface area (Å²) in [5.41, 5.74) is 0.460. The molecule has 1 rings (SSSR count). The van der Waals surface area contributed by atoms with Crippen LogP contribution in [0.15, 0.2) is 29.3 Å². The zero-order chi connectivity index (χ0) is 17.3. The van der Waals surface area contributed by atoms with Gasteiger partial charge in [-0.1, -0.05) is 26.0 Å². The van der Waals surface area contributed by atoms with Gasteiger partial charge in [0, 0.05) is 20.1 Å². The molecule has 0 amide bonds. The van der Waals surface area contributed by atoms with Gasteiger partial charge >= 0.3 is 0 Å². The minimum Gasteiger partial charge on any atom is -0.497 e. The van der Waals surface area contributed by atoms with E-state index in [0.717, 1.165) is 24.8 Å². The van der Waals surface area contributed by atoms with Crippen LogP contribution in [0.25, 0.3) is 0 Å². The summed E-state index contributed by atoms with van der Waals surface area (Å²) in [5.74, 6) is 1.66. The number of nitrogens with one attached hydrogen (secondary N) is 1. The number of halogens is 1. The Hall–Kier alpha value is -1.02. The summed E-state index contributed by atoms with van der Waals surface area (Å²) in [5, 5.41) is 13.7. The summed E-state index contributed by atoms with van der Waals surface area (Å²) in [6.45, 7) is 7.98. The second kappa shape index (κ2) is 11.5. The summed E-state index contributed by atoms with van der Waals surface area (Å²) in [4.78, 5) is 6.68. The summed E-state index contributed by atoms with van der Waals surface area (Å²) < 4.78 is 5.18. The maximum absolute atomic E-state index is 10.4. The van der Waals surface area contributed by atoms with Crippen LogP contribution in [0.5, 0.6) is 5.75 Å². The van der Waals surface area contributed by atoms with Gasteiger partial charge in [0.05, 0.1) is 19.3 Å². The Morgan fingerprint density at radius 2 is 1.79 bits per heavy atom. The van der Waals surface area contributed by atoms with Crippen molar-refractivity contribution in [3.8, 4) is 5.75 Å². The third-order valence-electron chi connectivity index (χ3n) is 4.11. The largest absolute Gasteiger partial charge is 0.497 e. The monoisotopic (exact) mass is 449 g/mol. The van der Waals surface area contributed by atoms with Gasteiger partial charge < -0.3 is 20.1 Å². The van der Waals surface area contributed by atoms with Crippen LogP contribution in [-0.4, -0.2) is 48.8 Å². The molecule has 0 fully saturated rings.